The summed E-state index contributed by atoms with van der Waals surface area (Å²) in [4.78, 5) is 50.2. The van der Waals surface area contributed by atoms with Crippen molar-refractivity contribution in [3.8, 4) is 39.9 Å². The molecular weight excluding hydrogens is 931 g/mol. The first-order valence-corrected chi connectivity index (χ1v) is 28.2. The van der Waals surface area contributed by atoms with Gasteiger partial charge in [0.15, 0.2) is 5.82 Å². The number of pyridine rings is 1. The number of carbonyl (C=O) groups is 3. The van der Waals surface area contributed by atoms with Gasteiger partial charge < -0.3 is 14.2 Å². The third-order valence-corrected chi connectivity index (χ3v) is 16.7. The van der Waals surface area contributed by atoms with Gasteiger partial charge in [-0.2, -0.15) is 0 Å². The average molecular weight is 1020 g/mol. The fourth-order valence-electron chi connectivity index (χ4n) is 11.0. The molecule has 5 aromatic rings. The summed E-state index contributed by atoms with van der Waals surface area (Å²) in [5.74, 6) is 6.60. The Hall–Kier alpha value is -5.70. The SMILES string of the molecule is C.Cc1cc(CCC2CCC(C)CC2)ccc1OC(=O)C1CCC(C)CC1.Cc1ccc(-c2ccc(OC(=O)C3CCC(C)CC3)cn2)cc1C.Cc1cnc(-c2ccc(OC(=O)C3CCC(C)CC3)c(C)c2)nc1. The molecule has 4 fully saturated rings. The average Bonchev–Trinajstić information content (AvgIpc) is 3.39. The van der Waals surface area contributed by atoms with Crippen LogP contribution in [0.1, 0.15) is 178 Å². The first-order valence-electron chi connectivity index (χ1n) is 28.2. The van der Waals surface area contributed by atoms with Gasteiger partial charge in [0.25, 0.3) is 0 Å². The molecule has 0 unspecified atom stereocenters. The van der Waals surface area contributed by atoms with Gasteiger partial charge in [0, 0.05) is 23.5 Å². The lowest BCUT2D eigenvalue weighted by molar-refractivity contribution is -0.141. The minimum atomic E-state index is -0.109. The van der Waals surface area contributed by atoms with E-state index in [1.165, 1.54) is 48.8 Å². The molecule has 9 heteroatoms. The first-order chi connectivity index (χ1) is 35.6. The van der Waals surface area contributed by atoms with E-state index in [2.05, 4.69) is 93.7 Å². The van der Waals surface area contributed by atoms with Gasteiger partial charge in [0.1, 0.15) is 17.2 Å². The van der Waals surface area contributed by atoms with E-state index >= 15 is 0 Å². The zero-order chi connectivity index (χ0) is 52.7. The highest BCUT2D eigenvalue weighted by Crippen LogP contribution is 2.35. The van der Waals surface area contributed by atoms with E-state index < -0.39 is 0 Å². The van der Waals surface area contributed by atoms with Gasteiger partial charge in [0.2, 0.25) is 0 Å². The molecule has 0 spiro atoms. The molecule has 0 atom stereocenters. The van der Waals surface area contributed by atoms with Crippen molar-refractivity contribution in [3.63, 3.8) is 0 Å². The minimum Gasteiger partial charge on any atom is -0.426 e. The lowest BCUT2D eigenvalue weighted by atomic mass is 9.80. The number of aryl methyl sites for hydroxylation is 6. The first kappa shape index (κ1) is 58.6. The normalized spacial score (nSPS) is 23.4. The van der Waals surface area contributed by atoms with Crippen LogP contribution in [0.5, 0.6) is 17.2 Å². The Morgan fingerprint density at radius 1 is 0.453 bits per heavy atom. The summed E-state index contributed by atoms with van der Waals surface area (Å²) in [6.07, 6.45) is 25.8. The number of carbonyl (C=O) groups excluding carboxylic acids is 3. The Morgan fingerprint density at radius 2 is 0.907 bits per heavy atom. The smallest absolute Gasteiger partial charge is 0.314 e. The number of nitrogens with zero attached hydrogens (tertiary/aromatic N) is 3. The van der Waals surface area contributed by atoms with Crippen LogP contribution in [0, 0.1) is 82.0 Å². The molecule has 0 aliphatic heterocycles. The second-order valence-electron chi connectivity index (χ2n) is 23.1. The van der Waals surface area contributed by atoms with E-state index in [0.717, 1.165) is 152 Å². The van der Waals surface area contributed by atoms with Crippen molar-refractivity contribution in [1.29, 1.82) is 0 Å². The summed E-state index contributed by atoms with van der Waals surface area (Å²) in [6.45, 7) is 19.3. The number of rotatable bonds is 11. The van der Waals surface area contributed by atoms with Crippen molar-refractivity contribution in [2.75, 3.05) is 0 Å². The van der Waals surface area contributed by atoms with Crippen LogP contribution in [0.15, 0.2) is 85.3 Å². The van der Waals surface area contributed by atoms with E-state index in [4.69, 9.17) is 14.2 Å². The molecule has 0 N–H and O–H groups in total. The summed E-state index contributed by atoms with van der Waals surface area (Å²) in [5, 5.41) is 0. The highest BCUT2D eigenvalue weighted by atomic mass is 16.5. The minimum absolute atomic E-state index is 0. The van der Waals surface area contributed by atoms with Crippen molar-refractivity contribution in [2.24, 2.45) is 47.3 Å². The number of ether oxygens (including phenoxy) is 3. The molecule has 2 heterocycles. The van der Waals surface area contributed by atoms with Crippen LogP contribution in [0.25, 0.3) is 22.6 Å². The molecule has 0 saturated heterocycles. The molecule has 75 heavy (non-hydrogen) atoms. The van der Waals surface area contributed by atoms with Gasteiger partial charge in [-0.1, -0.05) is 85.1 Å². The number of aromatic nitrogens is 3. The van der Waals surface area contributed by atoms with Gasteiger partial charge in [0.05, 0.1) is 29.6 Å². The Balaban J connectivity index is 0.000000182. The Bertz CT molecular complexity index is 2590. The van der Waals surface area contributed by atoms with Crippen LogP contribution < -0.4 is 14.2 Å². The number of hydrogen-bond donors (Lipinski definition) is 0. The van der Waals surface area contributed by atoms with Gasteiger partial charge in [-0.05, 0) is 230 Å². The molecule has 0 bridgehead atoms. The molecule has 4 aliphatic rings. The van der Waals surface area contributed by atoms with E-state index in [1.807, 2.05) is 50.2 Å². The predicted octanol–water partition coefficient (Wildman–Crippen LogP) is 16.7. The Labute approximate surface area is 450 Å². The largest absolute Gasteiger partial charge is 0.426 e. The van der Waals surface area contributed by atoms with Crippen LogP contribution in [-0.4, -0.2) is 32.9 Å². The van der Waals surface area contributed by atoms with Crippen LogP contribution in [0.2, 0.25) is 0 Å². The molecule has 9 rings (SSSR count). The van der Waals surface area contributed by atoms with Crippen LogP contribution in [0.4, 0.5) is 0 Å². The fraction of sp³-hybridized carbons (Fsp3) is 0.545. The summed E-state index contributed by atoms with van der Waals surface area (Å²) in [6, 6.07) is 22.2. The molecule has 4 saturated carbocycles. The molecule has 9 nitrogen and oxygen atoms in total. The second-order valence-corrected chi connectivity index (χ2v) is 23.1. The fourth-order valence-corrected chi connectivity index (χ4v) is 11.0. The zero-order valence-electron chi connectivity index (χ0n) is 46.2. The highest BCUT2D eigenvalue weighted by molar-refractivity contribution is 5.77. The molecule has 404 valence electrons. The summed E-state index contributed by atoms with van der Waals surface area (Å²) < 4.78 is 16.9. The van der Waals surface area contributed by atoms with Gasteiger partial charge in [-0.15, -0.1) is 0 Å². The quantitative estimate of drug-likeness (QED) is 0.0941. The summed E-state index contributed by atoms with van der Waals surface area (Å²) in [7, 11) is 0. The number of esters is 3. The predicted molar refractivity (Wildman–Crippen MR) is 304 cm³/mol. The van der Waals surface area contributed by atoms with E-state index in [0.29, 0.717) is 17.3 Å². The van der Waals surface area contributed by atoms with Crippen LogP contribution >= 0.6 is 0 Å². The van der Waals surface area contributed by atoms with E-state index in [-0.39, 0.29) is 43.1 Å². The number of hydrogen-bond acceptors (Lipinski definition) is 9. The maximum Gasteiger partial charge on any atom is 0.314 e. The molecule has 4 aliphatic carbocycles. The Morgan fingerprint density at radius 3 is 1.37 bits per heavy atom. The summed E-state index contributed by atoms with van der Waals surface area (Å²) >= 11 is 0. The van der Waals surface area contributed by atoms with Crippen molar-refractivity contribution in [2.45, 2.75) is 185 Å². The van der Waals surface area contributed by atoms with Crippen LogP contribution in [0.3, 0.4) is 0 Å². The third kappa shape index (κ3) is 17.7. The van der Waals surface area contributed by atoms with E-state index in [1.54, 1.807) is 18.6 Å². The standard InChI is InChI=1S/C24H36O2.C21H25NO2.C20H24N2O2.CH4/c1-17-4-8-20(9-5-17)10-11-21-12-15-23(19(3)16-21)26-24(25)22-13-6-18(2)7-14-22;1-14-4-7-17(8-5-14)21(23)24-19-10-11-20(22-13-19)18-9-6-15(2)16(3)12-18;1-13-4-6-16(7-5-13)20(23)24-18-9-8-17(10-15(18)3)19-21-11-14(2)12-22-19;/h12,15-18,20,22H,4-11,13-14H2,1-3H3;6,9-14,17H,4-5,7-8H2,1-3H3;8-13,16H,4-7H2,1-3H3;1H4. The van der Waals surface area contributed by atoms with Crippen LogP contribution in [-0.2, 0) is 20.8 Å². The van der Waals surface area contributed by atoms with E-state index in [9.17, 15) is 14.4 Å². The molecule has 0 amide bonds. The third-order valence-electron chi connectivity index (χ3n) is 16.7. The summed E-state index contributed by atoms with van der Waals surface area (Å²) in [5.41, 5.74) is 9.85. The molecular formula is C66H89N3O6. The molecule has 2 aromatic heterocycles. The lowest BCUT2D eigenvalue weighted by Gasteiger charge is -2.26. The maximum atomic E-state index is 12.4. The van der Waals surface area contributed by atoms with Crippen molar-refractivity contribution < 1.29 is 28.6 Å². The highest BCUT2D eigenvalue weighted by Gasteiger charge is 2.29. The van der Waals surface area contributed by atoms with Gasteiger partial charge >= 0.3 is 17.9 Å². The molecule has 3 aromatic carbocycles. The second kappa shape index (κ2) is 28.4. The molecule has 0 radical (unpaired) electrons. The number of benzene rings is 3. The monoisotopic (exact) mass is 1020 g/mol. The maximum absolute atomic E-state index is 12.4. The van der Waals surface area contributed by atoms with Gasteiger partial charge in [-0.3, -0.25) is 19.4 Å². The van der Waals surface area contributed by atoms with Crippen molar-refractivity contribution in [1.82, 2.24) is 15.0 Å². The Kier molecular flexibility index (Phi) is 22.2. The lowest BCUT2D eigenvalue weighted by Crippen LogP contribution is -2.25. The zero-order valence-corrected chi connectivity index (χ0v) is 46.2. The van der Waals surface area contributed by atoms with Gasteiger partial charge in [-0.25, -0.2) is 9.97 Å². The van der Waals surface area contributed by atoms with Crippen molar-refractivity contribution in [3.05, 3.63) is 119 Å². The topological polar surface area (TPSA) is 118 Å². The van der Waals surface area contributed by atoms with Crippen molar-refractivity contribution >= 4 is 17.9 Å².